The van der Waals surface area contributed by atoms with Crippen molar-refractivity contribution in [2.75, 3.05) is 0 Å². The Kier molecular flexibility index (Phi) is 4.09. The number of halogens is 1. The molecule has 0 aromatic heterocycles. The molecule has 2 aromatic rings. The van der Waals surface area contributed by atoms with E-state index in [-0.39, 0.29) is 6.04 Å². The summed E-state index contributed by atoms with van der Waals surface area (Å²) in [4.78, 5) is 0. The molecule has 2 aromatic carbocycles. The molecule has 0 saturated carbocycles. The van der Waals surface area contributed by atoms with E-state index in [2.05, 4.69) is 54.7 Å². The Morgan fingerprint density at radius 3 is 2.65 bits per heavy atom. The molecule has 2 atom stereocenters. The van der Waals surface area contributed by atoms with Crippen LogP contribution in [0.2, 0.25) is 5.02 Å². The van der Waals surface area contributed by atoms with Gasteiger partial charge < -0.3 is 5.32 Å². The van der Waals surface area contributed by atoms with Gasteiger partial charge in [0.15, 0.2) is 0 Å². The molecule has 0 spiro atoms. The number of rotatable bonds is 3. The van der Waals surface area contributed by atoms with Gasteiger partial charge in [0, 0.05) is 11.1 Å². The van der Waals surface area contributed by atoms with Crippen LogP contribution in [-0.4, -0.2) is 6.04 Å². The summed E-state index contributed by atoms with van der Waals surface area (Å²) in [5.41, 5.74) is 3.97. The van der Waals surface area contributed by atoms with Crippen LogP contribution in [0.5, 0.6) is 0 Å². The van der Waals surface area contributed by atoms with Crippen LogP contribution in [-0.2, 0) is 6.42 Å². The number of fused-ring (bicyclic) bond motifs is 1. The molecule has 3 rings (SSSR count). The molecule has 0 amide bonds. The highest BCUT2D eigenvalue weighted by molar-refractivity contribution is 6.31. The molecule has 0 bridgehead atoms. The topological polar surface area (TPSA) is 12.0 Å². The lowest BCUT2D eigenvalue weighted by Crippen LogP contribution is -2.40. The van der Waals surface area contributed by atoms with Crippen molar-refractivity contribution in [1.29, 1.82) is 0 Å². The van der Waals surface area contributed by atoms with E-state index in [0.717, 1.165) is 11.4 Å². The fourth-order valence-electron chi connectivity index (χ4n) is 3.15. The van der Waals surface area contributed by atoms with Crippen LogP contribution in [0.15, 0.2) is 48.5 Å². The van der Waals surface area contributed by atoms with Gasteiger partial charge in [0.05, 0.1) is 6.04 Å². The minimum atomic E-state index is 0.259. The monoisotopic (exact) mass is 285 g/mol. The second-order valence-electron chi connectivity index (χ2n) is 5.51. The van der Waals surface area contributed by atoms with Crippen molar-refractivity contribution in [2.45, 2.75) is 38.3 Å². The van der Waals surface area contributed by atoms with Gasteiger partial charge in [-0.1, -0.05) is 67.4 Å². The second kappa shape index (κ2) is 5.99. The second-order valence-corrected chi connectivity index (χ2v) is 5.91. The number of hydrogen-bond acceptors (Lipinski definition) is 1. The average Bonchev–Trinajstić information content (AvgIpc) is 2.49. The van der Waals surface area contributed by atoms with Crippen LogP contribution >= 0.6 is 11.6 Å². The number of hydrogen-bond donors (Lipinski definition) is 1. The third-order valence-corrected chi connectivity index (χ3v) is 4.44. The fraction of sp³-hybridized carbons (Fsp3) is 0.333. The summed E-state index contributed by atoms with van der Waals surface area (Å²) in [6.45, 7) is 2.24. The van der Waals surface area contributed by atoms with E-state index < -0.39 is 0 Å². The Hall–Kier alpha value is -1.31. The zero-order chi connectivity index (χ0) is 13.9. The first-order valence-corrected chi connectivity index (χ1v) is 7.75. The molecule has 20 heavy (non-hydrogen) atoms. The molecule has 2 heteroatoms. The van der Waals surface area contributed by atoms with Crippen molar-refractivity contribution < 1.29 is 0 Å². The van der Waals surface area contributed by atoms with Gasteiger partial charge in [0.1, 0.15) is 0 Å². The number of benzene rings is 2. The van der Waals surface area contributed by atoms with Gasteiger partial charge >= 0.3 is 0 Å². The molecular weight excluding hydrogens is 266 g/mol. The minimum absolute atomic E-state index is 0.259. The SMILES string of the molecule is CCC[C@H]1Cc2c(Cl)cccc2[C@@H](c2ccccc2)N1. The van der Waals surface area contributed by atoms with Crippen molar-refractivity contribution in [1.82, 2.24) is 5.32 Å². The standard InChI is InChI=1S/C18H20ClN/c1-2-7-14-12-16-15(10-6-11-17(16)19)18(20-14)13-8-4-3-5-9-13/h3-6,8-11,14,18,20H,2,7,12H2,1H3/t14-,18+/m0/s1. The lowest BCUT2D eigenvalue weighted by atomic mass is 9.85. The van der Waals surface area contributed by atoms with Crippen molar-refractivity contribution in [3.63, 3.8) is 0 Å². The van der Waals surface area contributed by atoms with Gasteiger partial charge in [0.25, 0.3) is 0 Å². The summed E-state index contributed by atoms with van der Waals surface area (Å²) >= 11 is 6.43. The van der Waals surface area contributed by atoms with Crippen LogP contribution in [0.3, 0.4) is 0 Å². The molecule has 1 nitrogen and oxygen atoms in total. The van der Waals surface area contributed by atoms with Crippen LogP contribution in [0.25, 0.3) is 0 Å². The van der Waals surface area contributed by atoms with Gasteiger partial charge in [0.2, 0.25) is 0 Å². The zero-order valence-corrected chi connectivity index (χ0v) is 12.5. The predicted molar refractivity (Wildman–Crippen MR) is 85.3 cm³/mol. The molecule has 1 aliphatic rings. The highest BCUT2D eigenvalue weighted by Gasteiger charge is 2.27. The Balaban J connectivity index is 2.03. The van der Waals surface area contributed by atoms with Crippen LogP contribution in [0, 0.1) is 0 Å². The maximum absolute atomic E-state index is 6.43. The van der Waals surface area contributed by atoms with Gasteiger partial charge in [-0.3, -0.25) is 0 Å². The highest BCUT2D eigenvalue weighted by atomic mass is 35.5. The van der Waals surface area contributed by atoms with Crippen molar-refractivity contribution in [3.05, 3.63) is 70.2 Å². The van der Waals surface area contributed by atoms with Gasteiger partial charge in [-0.2, -0.15) is 0 Å². The molecule has 1 aliphatic heterocycles. The molecule has 104 valence electrons. The molecule has 1 N–H and O–H groups in total. The van der Waals surface area contributed by atoms with Crippen molar-refractivity contribution in [2.24, 2.45) is 0 Å². The first-order valence-electron chi connectivity index (χ1n) is 7.38. The summed E-state index contributed by atoms with van der Waals surface area (Å²) in [5.74, 6) is 0. The summed E-state index contributed by atoms with van der Waals surface area (Å²) in [7, 11) is 0. The summed E-state index contributed by atoms with van der Waals surface area (Å²) in [6, 6.07) is 17.7. The van der Waals surface area contributed by atoms with E-state index in [4.69, 9.17) is 11.6 Å². The first kappa shape index (κ1) is 13.7. The van der Waals surface area contributed by atoms with E-state index in [1.54, 1.807) is 0 Å². The molecule has 0 unspecified atom stereocenters. The summed E-state index contributed by atoms with van der Waals surface area (Å²) in [6.07, 6.45) is 3.42. The third kappa shape index (κ3) is 2.61. The van der Waals surface area contributed by atoms with E-state index in [1.165, 1.54) is 29.5 Å². The normalized spacial score (nSPS) is 21.5. The van der Waals surface area contributed by atoms with Crippen molar-refractivity contribution >= 4 is 11.6 Å². The molecule has 0 aliphatic carbocycles. The highest BCUT2D eigenvalue weighted by Crippen LogP contribution is 2.35. The number of nitrogens with one attached hydrogen (secondary N) is 1. The van der Waals surface area contributed by atoms with E-state index in [1.807, 2.05) is 6.07 Å². The van der Waals surface area contributed by atoms with Crippen LogP contribution < -0.4 is 5.32 Å². The summed E-state index contributed by atoms with van der Waals surface area (Å²) in [5, 5.41) is 4.70. The zero-order valence-electron chi connectivity index (χ0n) is 11.8. The summed E-state index contributed by atoms with van der Waals surface area (Å²) < 4.78 is 0. The maximum atomic E-state index is 6.43. The minimum Gasteiger partial charge on any atom is -0.303 e. The quantitative estimate of drug-likeness (QED) is 0.858. The molecule has 0 radical (unpaired) electrons. The first-order chi connectivity index (χ1) is 9.79. The van der Waals surface area contributed by atoms with E-state index in [9.17, 15) is 0 Å². The predicted octanol–water partition coefficient (Wildman–Crippen LogP) is 4.74. The van der Waals surface area contributed by atoms with Gasteiger partial charge in [-0.25, -0.2) is 0 Å². The smallest absolute Gasteiger partial charge is 0.0582 e. The molecule has 0 fully saturated rings. The van der Waals surface area contributed by atoms with Gasteiger partial charge in [-0.15, -0.1) is 0 Å². The van der Waals surface area contributed by atoms with Crippen LogP contribution in [0.1, 0.15) is 42.5 Å². The van der Waals surface area contributed by atoms with Crippen LogP contribution in [0.4, 0.5) is 0 Å². The van der Waals surface area contributed by atoms with E-state index in [0.29, 0.717) is 6.04 Å². The Bertz CT molecular complexity index is 579. The van der Waals surface area contributed by atoms with Gasteiger partial charge in [-0.05, 0) is 35.6 Å². The molecular formula is C18H20ClN. The fourth-order valence-corrected chi connectivity index (χ4v) is 3.41. The largest absolute Gasteiger partial charge is 0.303 e. The van der Waals surface area contributed by atoms with Crippen molar-refractivity contribution in [3.8, 4) is 0 Å². The average molecular weight is 286 g/mol. The Labute approximate surface area is 126 Å². The lowest BCUT2D eigenvalue weighted by Gasteiger charge is -2.34. The Morgan fingerprint density at radius 1 is 1.10 bits per heavy atom. The Morgan fingerprint density at radius 2 is 1.90 bits per heavy atom. The lowest BCUT2D eigenvalue weighted by molar-refractivity contribution is 0.412. The van der Waals surface area contributed by atoms with E-state index >= 15 is 0 Å². The molecule has 1 heterocycles. The molecule has 0 saturated heterocycles. The third-order valence-electron chi connectivity index (χ3n) is 4.09. The maximum Gasteiger partial charge on any atom is 0.0582 e.